The van der Waals surface area contributed by atoms with Gasteiger partial charge in [0.25, 0.3) is 11.6 Å². The molecule has 40 heavy (non-hydrogen) atoms. The molecule has 1 atom stereocenters. The van der Waals surface area contributed by atoms with Crippen molar-refractivity contribution in [3.63, 3.8) is 0 Å². The third-order valence-corrected chi connectivity index (χ3v) is 5.88. The van der Waals surface area contributed by atoms with E-state index in [1.165, 1.54) is 44.4 Å². The van der Waals surface area contributed by atoms with Crippen molar-refractivity contribution in [3.8, 4) is 5.75 Å². The van der Waals surface area contributed by atoms with E-state index in [-0.39, 0.29) is 41.0 Å². The van der Waals surface area contributed by atoms with Gasteiger partial charge in [-0.3, -0.25) is 9.59 Å². The van der Waals surface area contributed by atoms with Crippen LogP contribution in [0, 0.1) is 0 Å². The fourth-order valence-corrected chi connectivity index (χ4v) is 3.86. The van der Waals surface area contributed by atoms with Crippen LogP contribution in [0.5, 0.6) is 5.75 Å². The standard InChI is InChI=1S/C27H26ClF3N4O5/c1-16(36)34-21-5-3-4-18(12-21)15-33-24(37)26(40-25(38)27(29,30)31,19-8-11-22(28)23(13-19)39-2)35-20-9-6-17(14-32)7-10-20/h3-13,35H,14-15,32H2,1-2H3,(H,33,37)(H,34,36). The summed E-state index contributed by atoms with van der Waals surface area (Å²) in [5.41, 5.74) is 4.48. The van der Waals surface area contributed by atoms with Crippen molar-refractivity contribution in [1.29, 1.82) is 0 Å². The van der Waals surface area contributed by atoms with Gasteiger partial charge in [0, 0.05) is 37.0 Å². The highest BCUT2D eigenvalue weighted by Gasteiger charge is 2.52. The molecule has 212 valence electrons. The maximum Gasteiger partial charge on any atom is 0.491 e. The van der Waals surface area contributed by atoms with Crippen LogP contribution in [0.2, 0.25) is 5.02 Å². The number of alkyl halides is 3. The van der Waals surface area contributed by atoms with Gasteiger partial charge in [0.05, 0.1) is 12.1 Å². The van der Waals surface area contributed by atoms with Crippen molar-refractivity contribution in [1.82, 2.24) is 5.32 Å². The highest BCUT2D eigenvalue weighted by Crippen LogP contribution is 2.36. The van der Waals surface area contributed by atoms with Crippen LogP contribution in [0.1, 0.15) is 23.6 Å². The van der Waals surface area contributed by atoms with Gasteiger partial charge in [0.1, 0.15) is 5.75 Å². The SMILES string of the molecule is COc1cc(C(Nc2ccc(CN)cc2)(OC(=O)C(F)(F)F)C(=O)NCc2cccc(NC(C)=O)c2)ccc1Cl. The molecule has 0 aromatic heterocycles. The lowest BCUT2D eigenvalue weighted by Gasteiger charge is -2.34. The molecule has 5 N–H and O–H groups in total. The molecule has 0 heterocycles. The van der Waals surface area contributed by atoms with Crippen molar-refractivity contribution in [2.24, 2.45) is 5.73 Å². The quantitative estimate of drug-likeness (QED) is 0.206. The summed E-state index contributed by atoms with van der Waals surface area (Å²) >= 11 is 6.11. The number of benzene rings is 3. The third-order valence-electron chi connectivity index (χ3n) is 5.57. The zero-order valence-corrected chi connectivity index (χ0v) is 22.2. The molecule has 2 amide bonds. The Morgan fingerprint density at radius 2 is 1.65 bits per heavy atom. The van der Waals surface area contributed by atoms with Crippen LogP contribution in [-0.2, 0) is 37.9 Å². The number of ether oxygens (including phenoxy) is 2. The summed E-state index contributed by atoms with van der Waals surface area (Å²) in [5, 5.41) is 7.87. The number of amides is 2. The van der Waals surface area contributed by atoms with Gasteiger partial charge in [-0.15, -0.1) is 0 Å². The number of hydrogen-bond donors (Lipinski definition) is 4. The predicted octanol–water partition coefficient (Wildman–Crippen LogP) is 4.45. The van der Waals surface area contributed by atoms with E-state index in [2.05, 4.69) is 16.0 Å². The number of carbonyl (C=O) groups is 3. The topological polar surface area (TPSA) is 132 Å². The first-order valence-electron chi connectivity index (χ1n) is 11.7. The number of nitrogens with one attached hydrogen (secondary N) is 3. The Kier molecular flexibility index (Phi) is 9.61. The van der Waals surface area contributed by atoms with E-state index in [0.29, 0.717) is 16.8 Å². The molecule has 0 aliphatic heterocycles. The molecule has 0 bridgehead atoms. The Balaban J connectivity index is 2.11. The molecule has 0 aliphatic rings. The minimum Gasteiger partial charge on any atom is -0.495 e. The van der Waals surface area contributed by atoms with E-state index in [9.17, 15) is 27.6 Å². The molecule has 0 fully saturated rings. The normalized spacial score (nSPS) is 12.6. The first-order chi connectivity index (χ1) is 18.9. The number of hydrogen-bond acceptors (Lipinski definition) is 7. The van der Waals surface area contributed by atoms with Crippen LogP contribution in [0.15, 0.2) is 66.7 Å². The molecular formula is C27H26ClF3N4O5. The minimum atomic E-state index is -5.43. The van der Waals surface area contributed by atoms with E-state index in [0.717, 1.165) is 0 Å². The Morgan fingerprint density at radius 1 is 0.950 bits per heavy atom. The van der Waals surface area contributed by atoms with Gasteiger partial charge in [-0.25, -0.2) is 4.79 Å². The average Bonchev–Trinajstić information content (AvgIpc) is 2.91. The first-order valence-corrected chi connectivity index (χ1v) is 12.1. The van der Waals surface area contributed by atoms with Crippen LogP contribution in [0.25, 0.3) is 0 Å². The molecule has 0 aliphatic carbocycles. The molecule has 0 radical (unpaired) electrons. The first kappa shape index (κ1) is 30.3. The lowest BCUT2D eigenvalue weighted by molar-refractivity contribution is -0.213. The Morgan fingerprint density at radius 3 is 2.25 bits per heavy atom. The average molecular weight is 579 g/mol. The summed E-state index contributed by atoms with van der Waals surface area (Å²) in [6.45, 7) is 1.32. The van der Waals surface area contributed by atoms with Crippen LogP contribution >= 0.6 is 11.6 Å². The van der Waals surface area contributed by atoms with Crippen molar-refractivity contribution in [2.45, 2.75) is 31.9 Å². The van der Waals surface area contributed by atoms with E-state index in [1.54, 1.807) is 36.4 Å². The highest BCUT2D eigenvalue weighted by molar-refractivity contribution is 6.32. The molecule has 1 unspecified atom stereocenters. The Bertz CT molecular complexity index is 1390. The second-order valence-electron chi connectivity index (χ2n) is 8.51. The smallest absolute Gasteiger partial charge is 0.491 e. The van der Waals surface area contributed by atoms with Gasteiger partial charge in [0.2, 0.25) is 5.91 Å². The number of methoxy groups -OCH3 is 1. The molecule has 9 nitrogen and oxygen atoms in total. The van der Waals surface area contributed by atoms with Gasteiger partial charge in [-0.05, 0) is 47.5 Å². The molecule has 0 saturated heterocycles. The summed E-state index contributed by atoms with van der Waals surface area (Å²) in [5.74, 6) is -4.05. The largest absolute Gasteiger partial charge is 0.495 e. The molecule has 13 heteroatoms. The van der Waals surface area contributed by atoms with Crippen molar-refractivity contribution >= 4 is 40.8 Å². The Labute approximate surface area is 232 Å². The fourth-order valence-electron chi connectivity index (χ4n) is 3.66. The van der Waals surface area contributed by atoms with Crippen LogP contribution in [-0.4, -0.2) is 31.1 Å². The summed E-state index contributed by atoms with van der Waals surface area (Å²) < 4.78 is 50.6. The number of carbonyl (C=O) groups excluding carboxylic acids is 3. The molecule has 0 saturated carbocycles. The van der Waals surface area contributed by atoms with Crippen molar-refractivity contribution in [3.05, 3.63) is 88.4 Å². The maximum atomic E-state index is 13.8. The molecule has 0 spiro atoms. The zero-order chi connectivity index (χ0) is 29.5. The maximum absolute atomic E-state index is 13.8. The van der Waals surface area contributed by atoms with Crippen LogP contribution in [0.3, 0.4) is 0 Å². The lowest BCUT2D eigenvalue weighted by Crippen LogP contribution is -2.54. The molecule has 3 aromatic rings. The van der Waals surface area contributed by atoms with Gasteiger partial charge in [0.15, 0.2) is 0 Å². The molecule has 3 aromatic carbocycles. The lowest BCUT2D eigenvalue weighted by atomic mass is 9.99. The summed E-state index contributed by atoms with van der Waals surface area (Å²) in [6.07, 6.45) is -5.43. The van der Waals surface area contributed by atoms with E-state index in [1.807, 2.05) is 0 Å². The second-order valence-corrected chi connectivity index (χ2v) is 8.92. The van der Waals surface area contributed by atoms with E-state index < -0.39 is 23.8 Å². The highest BCUT2D eigenvalue weighted by atomic mass is 35.5. The Hall–Kier alpha value is -4.29. The van der Waals surface area contributed by atoms with Crippen molar-refractivity contribution in [2.75, 3.05) is 17.7 Å². The number of esters is 1. The zero-order valence-electron chi connectivity index (χ0n) is 21.4. The van der Waals surface area contributed by atoms with E-state index >= 15 is 0 Å². The summed E-state index contributed by atoms with van der Waals surface area (Å²) in [7, 11) is 1.27. The van der Waals surface area contributed by atoms with Gasteiger partial charge < -0.3 is 31.2 Å². The van der Waals surface area contributed by atoms with Crippen molar-refractivity contribution < 1.29 is 37.0 Å². The fraction of sp³-hybridized carbons (Fsp3) is 0.222. The third kappa shape index (κ3) is 7.42. The second kappa shape index (κ2) is 12.7. The van der Waals surface area contributed by atoms with Gasteiger partial charge in [-0.1, -0.05) is 41.9 Å². The molecule has 3 rings (SSSR count). The monoisotopic (exact) mass is 578 g/mol. The number of anilines is 2. The predicted molar refractivity (Wildman–Crippen MR) is 142 cm³/mol. The number of rotatable bonds is 10. The minimum absolute atomic E-state index is 0.0164. The van der Waals surface area contributed by atoms with E-state index in [4.69, 9.17) is 26.8 Å². The van der Waals surface area contributed by atoms with Crippen LogP contribution in [0.4, 0.5) is 24.5 Å². The summed E-state index contributed by atoms with van der Waals surface area (Å²) in [4.78, 5) is 37.4. The van der Waals surface area contributed by atoms with Gasteiger partial charge >= 0.3 is 12.1 Å². The van der Waals surface area contributed by atoms with Crippen LogP contribution < -0.4 is 26.4 Å². The molecular weight excluding hydrogens is 553 g/mol. The number of halogens is 4. The van der Waals surface area contributed by atoms with Gasteiger partial charge in [-0.2, -0.15) is 13.2 Å². The number of nitrogens with two attached hydrogens (primary N) is 1. The summed E-state index contributed by atoms with van der Waals surface area (Å²) in [6, 6.07) is 16.2.